The highest BCUT2D eigenvalue weighted by molar-refractivity contribution is 9.10. The Morgan fingerprint density at radius 1 is 1.14 bits per heavy atom. The van der Waals surface area contributed by atoms with Crippen molar-refractivity contribution in [1.82, 2.24) is 9.62 Å². The summed E-state index contributed by atoms with van der Waals surface area (Å²) in [5, 5.41) is 2.85. The topological polar surface area (TPSA) is 75.7 Å². The molecule has 0 aliphatic rings. The van der Waals surface area contributed by atoms with E-state index in [2.05, 4.69) is 21.2 Å². The third-order valence-corrected chi connectivity index (χ3v) is 7.02. The van der Waals surface area contributed by atoms with Gasteiger partial charge >= 0.3 is 0 Å². The van der Waals surface area contributed by atoms with Crippen molar-refractivity contribution in [2.45, 2.75) is 32.2 Å². The maximum Gasteiger partial charge on any atom is 0.251 e. The van der Waals surface area contributed by atoms with Crippen LogP contribution in [0.2, 0.25) is 0 Å². The largest absolute Gasteiger partial charge is 0.496 e. The molecule has 2 aromatic rings. The molecule has 2 aromatic carbocycles. The lowest BCUT2D eigenvalue weighted by molar-refractivity contribution is 0.0950. The van der Waals surface area contributed by atoms with Crippen molar-refractivity contribution >= 4 is 31.9 Å². The van der Waals surface area contributed by atoms with E-state index in [1.165, 1.54) is 16.4 Å². The lowest BCUT2D eigenvalue weighted by Crippen LogP contribution is -2.31. The summed E-state index contributed by atoms with van der Waals surface area (Å²) in [6.07, 6.45) is 0. The maximum atomic E-state index is 12.8. The number of carbonyl (C=O) groups is 1. The number of hydrogen-bond acceptors (Lipinski definition) is 4. The van der Waals surface area contributed by atoms with Crippen LogP contribution in [0.25, 0.3) is 0 Å². The third kappa shape index (κ3) is 4.92. The molecule has 0 spiro atoms. The van der Waals surface area contributed by atoms with Crippen LogP contribution in [-0.4, -0.2) is 38.8 Å². The van der Waals surface area contributed by atoms with Gasteiger partial charge in [-0.2, -0.15) is 4.31 Å². The van der Waals surface area contributed by atoms with Crippen LogP contribution in [0.3, 0.4) is 0 Å². The molecule has 2 rings (SSSR count). The monoisotopic (exact) mass is 468 g/mol. The molecule has 1 N–H and O–H groups in total. The molecule has 0 unspecified atom stereocenters. The molecule has 28 heavy (non-hydrogen) atoms. The molecule has 0 bridgehead atoms. The first-order valence-corrected chi connectivity index (χ1v) is 11.2. The van der Waals surface area contributed by atoms with Crippen LogP contribution in [0.1, 0.15) is 35.3 Å². The smallest absolute Gasteiger partial charge is 0.251 e. The molecule has 0 aromatic heterocycles. The van der Waals surface area contributed by atoms with E-state index < -0.39 is 10.0 Å². The lowest BCUT2D eigenvalue weighted by atomic mass is 10.1. The zero-order valence-corrected chi connectivity index (χ0v) is 18.9. The van der Waals surface area contributed by atoms with E-state index in [0.717, 1.165) is 10.0 Å². The van der Waals surface area contributed by atoms with Gasteiger partial charge < -0.3 is 10.1 Å². The SMILES string of the molecule is CCN(CC)S(=O)(=O)c1ccc(C)c(C(=O)NCc2cc(Br)ccc2OC)c1. The number of hydrogen-bond donors (Lipinski definition) is 1. The zero-order chi connectivity index (χ0) is 20.9. The predicted molar refractivity (Wildman–Crippen MR) is 113 cm³/mol. The fourth-order valence-corrected chi connectivity index (χ4v) is 4.77. The van der Waals surface area contributed by atoms with Crippen molar-refractivity contribution in [1.29, 1.82) is 0 Å². The van der Waals surface area contributed by atoms with Crippen LogP contribution < -0.4 is 10.1 Å². The minimum absolute atomic E-state index is 0.118. The van der Waals surface area contributed by atoms with Crippen LogP contribution in [0.5, 0.6) is 5.75 Å². The highest BCUT2D eigenvalue weighted by Gasteiger charge is 2.23. The van der Waals surface area contributed by atoms with Crippen molar-refractivity contribution < 1.29 is 17.9 Å². The van der Waals surface area contributed by atoms with E-state index in [9.17, 15) is 13.2 Å². The normalized spacial score (nSPS) is 11.5. The lowest BCUT2D eigenvalue weighted by Gasteiger charge is -2.19. The van der Waals surface area contributed by atoms with Gasteiger partial charge in [-0.3, -0.25) is 4.79 Å². The summed E-state index contributed by atoms with van der Waals surface area (Å²) in [5.74, 6) is 0.328. The summed E-state index contributed by atoms with van der Waals surface area (Å²) >= 11 is 3.41. The van der Waals surface area contributed by atoms with Gasteiger partial charge in [0.25, 0.3) is 5.91 Å². The Balaban J connectivity index is 2.28. The minimum Gasteiger partial charge on any atom is -0.496 e. The van der Waals surface area contributed by atoms with Crippen molar-refractivity contribution in [2.24, 2.45) is 0 Å². The fourth-order valence-electron chi connectivity index (χ4n) is 2.87. The molecule has 0 heterocycles. The van der Waals surface area contributed by atoms with Gasteiger partial charge in [-0.1, -0.05) is 35.8 Å². The number of ether oxygens (including phenoxy) is 1. The number of rotatable bonds is 8. The number of nitrogens with one attached hydrogen (secondary N) is 1. The predicted octanol–water partition coefficient (Wildman–Crippen LogP) is 3.73. The second-order valence-electron chi connectivity index (χ2n) is 6.20. The molecule has 1 amide bonds. The van der Waals surface area contributed by atoms with Gasteiger partial charge in [0, 0.05) is 35.2 Å². The quantitative estimate of drug-likeness (QED) is 0.640. The average molecular weight is 469 g/mol. The zero-order valence-electron chi connectivity index (χ0n) is 16.5. The number of sulfonamides is 1. The number of halogens is 1. The van der Waals surface area contributed by atoms with E-state index in [4.69, 9.17) is 4.74 Å². The number of aryl methyl sites for hydroxylation is 1. The van der Waals surface area contributed by atoms with Gasteiger partial charge in [-0.25, -0.2) is 8.42 Å². The van der Waals surface area contributed by atoms with Crippen molar-refractivity contribution in [3.63, 3.8) is 0 Å². The van der Waals surface area contributed by atoms with E-state index in [1.807, 2.05) is 18.2 Å². The standard InChI is InChI=1S/C20H25BrN2O4S/c1-5-23(6-2)28(25,26)17-9-7-14(3)18(12-17)20(24)22-13-15-11-16(21)8-10-19(15)27-4/h7-12H,5-6,13H2,1-4H3,(H,22,24). The van der Waals surface area contributed by atoms with Crippen molar-refractivity contribution in [3.05, 3.63) is 57.6 Å². The van der Waals surface area contributed by atoms with Gasteiger partial charge in [-0.05, 0) is 42.8 Å². The molecular formula is C20H25BrN2O4S. The molecule has 8 heteroatoms. The Bertz CT molecular complexity index is 957. The van der Waals surface area contributed by atoms with Crippen molar-refractivity contribution in [2.75, 3.05) is 20.2 Å². The number of amides is 1. The molecule has 0 radical (unpaired) electrons. The summed E-state index contributed by atoms with van der Waals surface area (Å²) in [6.45, 7) is 6.35. The van der Waals surface area contributed by atoms with E-state index in [0.29, 0.717) is 30.0 Å². The molecule has 0 saturated carbocycles. The maximum absolute atomic E-state index is 12.8. The number of methoxy groups -OCH3 is 1. The number of carbonyl (C=O) groups excluding carboxylic acids is 1. The molecule has 0 fully saturated rings. The van der Waals surface area contributed by atoms with Crippen LogP contribution in [0.15, 0.2) is 45.8 Å². The molecule has 152 valence electrons. The fraction of sp³-hybridized carbons (Fsp3) is 0.350. The van der Waals surface area contributed by atoms with E-state index in [-0.39, 0.29) is 17.3 Å². The summed E-state index contributed by atoms with van der Waals surface area (Å²) < 4.78 is 33.1. The minimum atomic E-state index is -3.63. The summed E-state index contributed by atoms with van der Waals surface area (Å²) in [4.78, 5) is 12.9. The van der Waals surface area contributed by atoms with Crippen LogP contribution in [0.4, 0.5) is 0 Å². The van der Waals surface area contributed by atoms with Gasteiger partial charge in [0.15, 0.2) is 0 Å². The molecule has 6 nitrogen and oxygen atoms in total. The van der Waals surface area contributed by atoms with Crippen LogP contribution >= 0.6 is 15.9 Å². The molecule has 0 aliphatic heterocycles. The molecular weight excluding hydrogens is 444 g/mol. The second kappa shape index (κ2) is 9.54. The first kappa shape index (κ1) is 22.4. The van der Waals surface area contributed by atoms with Crippen molar-refractivity contribution in [3.8, 4) is 5.75 Å². The Labute approximate surface area is 175 Å². The average Bonchev–Trinajstić information content (AvgIpc) is 2.67. The van der Waals surface area contributed by atoms with Crippen LogP contribution in [-0.2, 0) is 16.6 Å². The third-order valence-electron chi connectivity index (χ3n) is 4.48. The summed E-state index contributed by atoms with van der Waals surface area (Å²) in [5.41, 5.74) is 1.86. The second-order valence-corrected chi connectivity index (χ2v) is 9.06. The van der Waals surface area contributed by atoms with Crippen LogP contribution in [0, 0.1) is 6.92 Å². The first-order chi connectivity index (χ1) is 13.2. The molecule has 0 saturated heterocycles. The Kier molecular flexibility index (Phi) is 7.63. The van der Waals surface area contributed by atoms with Gasteiger partial charge in [0.05, 0.1) is 12.0 Å². The first-order valence-electron chi connectivity index (χ1n) is 8.96. The highest BCUT2D eigenvalue weighted by atomic mass is 79.9. The Morgan fingerprint density at radius 2 is 1.82 bits per heavy atom. The number of benzene rings is 2. The van der Waals surface area contributed by atoms with Gasteiger partial charge in [-0.15, -0.1) is 0 Å². The molecule has 0 atom stereocenters. The van der Waals surface area contributed by atoms with E-state index in [1.54, 1.807) is 33.9 Å². The van der Waals surface area contributed by atoms with E-state index >= 15 is 0 Å². The summed E-state index contributed by atoms with van der Waals surface area (Å²) in [6, 6.07) is 10.2. The number of nitrogens with zero attached hydrogens (tertiary/aromatic N) is 1. The Morgan fingerprint density at radius 3 is 2.43 bits per heavy atom. The molecule has 0 aliphatic carbocycles. The Hall–Kier alpha value is -1.90. The highest BCUT2D eigenvalue weighted by Crippen LogP contribution is 2.23. The van der Waals surface area contributed by atoms with Gasteiger partial charge in [0.2, 0.25) is 10.0 Å². The summed E-state index contributed by atoms with van der Waals surface area (Å²) in [7, 11) is -2.06. The van der Waals surface area contributed by atoms with Gasteiger partial charge in [0.1, 0.15) is 5.75 Å².